The summed E-state index contributed by atoms with van der Waals surface area (Å²) in [6.45, 7) is 23.1. The van der Waals surface area contributed by atoms with Crippen LogP contribution in [0.15, 0.2) is 65.7 Å². The second-order valence-electron chi connectivity index (χ2n) is 11.0. The highest BCUT2D eigenvalue weighted by molar-refractivity contribution is 9.10. The highest BCUT2D eigenvalue weighted by Crippen LogP contribution is 2.39. The van der Waals surface area contributed by atoms with Crippen molar-refractivity contribution in [3.8, 4) is 5.75 Å². The second kappa shape index (κ2) is 10.5. The predicted molar refractivity (Wildman–Crippen MR) is 148 cm³/mol. The molecule has 1 aliphatic rings. The van der Waals surface area contributed by atoms with Crippen LogP contribution < -0.4 is 4.43 Å². The summed E-state index contributed by atoms with van der Waals surface area (Å²) < 4.78 is 7.80. The Balaban J connectivity index is 1.99. The van der Waals surface area contributed by atoms with Crippen LogP contribution in [0.2, 0.25) is 18.1 Å². The SMILES string of the molecule is C=CCN1C[C@H](C)N(C(c2ccc(Br)cc2)c2cccc(O[Si](C)(C)C(C)(C)C)c2)C[C@@H]1C. The third-order valence-electron chi connectivity index (χ3n) is 7.40. The molecule has 0 aliphatic carbocycles. The Kier molecular flexibility index (Phi) is 8.31. The van der Waals surface area contributed by atoms with Crippen molar-refractivity contribution in [3.63, 3.8) is 0 Å². The Morgan fingerprint density at radius 1 is 1.06 bits per heavy atom. The van der Waals surface area contributed by atoms with E-state index in [1.54, 1.807) is 0 Å². The van der Waals surface area contributed by atoms with E-state index in [9.17, 15) is 0 Å². The monoisotopic (exact) mass is 528 g/mol. The van der Waals surface area contributed by atoms with Gasteiger partial charge in [0.1, 0.15) is 5.75 Å². The van der Waals surface area contributed by atoms with E-state index >= 15 is 0 Å². The molecule has 180 valence electrons. The van der Waals surface area contributed by atoms with Crippen LogP contribution in [-0.4, -0.2) is 49.8 Å². The Labute approximate surface area is 211 Å². The van der Waals surface area contributed by atoms with Crippen molar-refractivity contribution in [2.45, 2.75) is 70.9 Å². The molecule has 0 N–H and O–H groups in total. The largest absolute Gasteiger partial charge is 0.543 e. The first kappa shape index (κ1) is 26.2. The molecule has 1 heterocycles. The van der Waals surface area contributed by atoms with E-state index in [4.69, 9.17) is 4.43 Å². The fourth-order valence-corrected chi connectivity index (χ4v) is 5.71. The molecular formula is C28H41BrN2OSi. The summed E-state index contributed by atoms with van der Waals surface area (Å²) in [7, 11) is -1.91. The van der Waals surface area contributed by atoms with Gasteiger partial charge in [0.25, 0.3) is 0 Å². The van der Waals surface area contributed by atoms with E-state index in [0.717, 1.165) is 29.9 Å². The molecule has 0 bridgehead atoms. The summed E-state index contributed by atoms with van der Waals surface area (Å²) in [4.78, 5) is 5.20. The van der Waals surface area contributed by atoms with Crippen LogP contribution in [0, 0.1) is 0 Å². The zero-order valence-corrected chi connectivity index (χ0v) is 24.0. The molecule has 1 aliphatic heterocycles. The van der Waals surface area contributed by atoms with Crippen molar-refractivity contribution >= 4 is 24.2 Å². The van der Waals surface area contributed by atoms with E-state index in [-0.39, 0.29) is 11.1 Å². The second-order valence-corrected chi connectivity index (χ2v) is 16.7. The van der Waals surface area contributed by atoms with Crippen LogP contribution in [0.4, 0.5) is 0 Å². The molecule has 1 fully saturated rings. The predicted octanol–water partition coefficient (Wildman–Crippen LogP) is 7.50. The topological polar surface area (TPSA) is 15.7 Å². The smallest absolute Gasteiger partial charge is 0.250 e. The third-order valence-corrected chi connectivity index (χ3v) is 12.3. The summed E-state index contributed by atoms with van der Waals surface area (Å²) in [6.07, 6.45) is 2.02. The Morgan fingerprint density at radius 2 is 1.73 bits per heavy atom. The van der Waals surface area contributed by atoms with E-state index in [2.05, 4.69) is 129 Å². The van der Waals surface area contributed by atoms with E-state index in [1.165, 1.54) is 11.1 Å². The molecule has 5 heteroatoms. The minimum atomic E-state index is -1.91. The lowest BCUT2D eigenvalue weighted by molar-refractivity contribution is 0.0306. The molecule has 3 atom stereocenters. The van der Waals surface area contributed by atoms with Crippen LogP contribution in [-0.2, 0) is 0 Å². The highest BCUT2D eigenvalue weighted by atomic mass is 79.9. The quantitative estimate of drug-likeness (QED) is 0.273. The molecule has 0 saturated carbocycles. The van der Waals surface area contributed by atoms with E-state index < -0.39 is 8.32 Å². The molecule has 2 aromatic rings. The van der Waals surface area contributed by atoms with Crippen LogP contribution in [0.3, 0.4) is 0 Å². The number of halogens is 1. The van der Waals surface area contributed by atoms with Crippen LogP contribution in [0.25, 0.3) is 0 Å². The Morgan fingerprint density at radius 3 is 2.33 bits per heavy atom. The van der Waals surface area contributed by atoms with Gasteiger partial charge >= 0.3 is 0 Å². The summed E-state index contributed by atoms with van der Waals surface area (Å²) in [5.74, 6) is 0.993. The lowest BCUT2D eigenvalue weighted by Gasteiger charge is -2.47. The van der Waals surface area contributed by atoms with Gasteiger partial charge in [-0.05, 0) is 67.4 Å². The maximum Gasteiger partial charge on any atom is 0.250 e. The van der Waals surface area contributed by atoms with E-state index in [1.807, 2.05) is 6.08 Å². The summed E-state index contributed by atoms with van der Waals surface area (Å²) in [5, 5.41) is 0.166. The van der Waals surface area contributed by atoms with Crippen molar-refractivity contribution in [1.82, 2.24) is 9.80 Å². The fourth-order valence-electron chi connectivity index (χ4n) is 4.42. The van der Waals surface area contributed by atoms with Gasteiger partial charge < -0.3 is 4.43 Å². The van der Waals surface area contributed by atoms with Gasteiger partial charge in [0.05, 0.1) is 6.04 Å². The number of piperazine rings is 1. The highest BCUT2D eigenvalue weighted by Gasteiger charge is 2.39. The van der Waals surface area contributed by atoms with Crippen molar-refractivity contribution < 1.29 is 4.43 Å². The molecule has 1 unspecified atom stereocenters. The first-order valence-electron chi connectivity index (χ1n) is 12.1. The summed E-state index contributed by atoms with van der Waals surface area (Å²) in [5.41, 5.74) is 2.61. The molecular weight excluding hydrogens is 488 g/mol. The number of nitrogens with zero attached hydrogens (tertiary/aromatic N) is 2. The molecule has 3 rings (SSSR count). The van der Waals surface area contributed by atoms with Crippen molar-refractivity contribution in [2.24, 2.45) is 0 Å². The number of rotatable bonds is 7. The van der Waals surface area contributed by atoms with Crippen LogP contribution in [0.1, 0.15) is 51.8 Å². The Hall–Kier alpha value is -1.40. The molecule has 0 aromatic heterocycles. The van der Waals surface area contributed by atoms with Crippen molar-refractivity contribution in [3.05, 3.63) is 76.8 Å². The Bertz CT molecular complexity index is 938. The fraction of sp³-hybridized carbons (Fsp3) is 0.500. The third kappa shape index (κ3) is 6.19. The van der Waals surface area contributed by atoms with E-state index in [0.29, 0.717) is 12.1 Å². The maximum absolute atomic E-state index is 6.69. The molecule has 2 aromatic carbocycles. The zero-order valence-electron chi connectivity index (χ0n) is 21.4. The first-order chi connectivity index (χ1) is 15.4. The maximum atomic E-state index is 6.69. The molecule has 0 spiro atoms. The minimum absolute atomic E-state index is 0.166. The summed E-state index contributed by atoms with van der Waals surface area (Å²) in [6, 6.07) is 18.7. The molecule has 3 nitrogen and oxygen atoms in total. The number of benzene rings is 2. The van der Waals surface area contributed by atoms with Crippen molar-refractivity contribution in [1.29, 1.82) is 0 Å². The average Bonchev–Trinajstić information content (AvgIpc) is 2.72. The van der Waals surface area contributed by atoms with Gasteiger partial charge in [-0.2, -0.15) is 0 Å². The summed E-state index contributed by atoms with van der Waals surface area (Å²) >= 11 is 3.61. The van der Waals surface area contributed by atoms with Gasteiger partial charge in [0.2, 0.25) is 8.32 Å². The zero-order chi connectivity index (χ0) is 24.4. The van der Waals surface area contributed by atoms with Gasteiger partial charge in [-0.1, -0.05) is 67.0 Å². The number of hydrogen-bond donors (Lipinski definition) is 0. The lowest BCUT2D eigenvalue weighted by atomic mass is 9.93. The number of hydrogen-bond acceptors (Lipinski definition) is 3. The molecule has 0 radical (unpaired) electrons. The van der Waals surface area contributed by atoms with Crippen LogP contribution in [0.5, 0.6) is 5.75 Å². The molecule has 0 amide bonds. The van der Waals surface area contributed by atoms with Gasteiger partial charge in [0.15, 0.2) is 0 Å². The lowest BCUT2D eigenvalue weighted by Crippen LogP contribution is -2.57. The molecule has 1 saturated heterocycles. The molecule has 33 heavy (non-hydrogen) atoms. The minimum Gasteiger partial charge on any atom is -0.543 e. The van der Waals surface area contributed by atoms with Gasteiger partial charge in [-0.15, -0.1) is 6.58 Å². The average molecular weight is 530 g/mol. The normalized spacial score (nSPS) is 21.6. The van der Waals surface area contributed by atoms with Gasteiger partial charge in [-0.3, -0.25) is 9.80 Å². The van der Waals surface area contributed by atoms with Gasteiger partial charge in [-0.25, -0.2) is 0 Å². The van der Waals surface area contributed by atoms with Gasteiger partial charge in [0, 0.05) is 36.2 Å². The first-order valence-corrected chi connectivity index (χ1v) is 15.8. The standard InChI is InChI=1S/C28H41BrN2OSi/c1-9-17-30-19-22(3)31(20-21(30)2)27(23-13-15-25(29)16-14-23)24-11-10-12-26(18-24)32-33(7,8)28(4,5)6/h9-16,18,21-22,27H,1,17,19-20H2,2-8H3/t21-,22-,27?/m0/s1. The van der Waals surface area contributed by atoms with Crippen molar-refractivity contribution in [2.75, 3.05) is 19.6 Å². The van der Waals surface area contributed by atoms with Crippen LogP contribution >= 0.6 is 15.9 Å².